The molecule has 1 aliphatic heterocycles. The highest BCUT2D eigenvalue weighted by atomic mass is 127. The number of nitrogens with one attached hydrogen (secondary N) is 1. The summed E-state index contributed by atoms with van der Waals surface area (Å²) in [5.41, 5.74) is -1.38. The number of carbonyl (C=O) groups is 1. The van der Waals surface area contributed by atoms with Crippen molar-refractivity contribution in [2.45, 2.75) is 16.9 Å². The molecule has 0 aromatic heterocycles. The van der Waals surface area contributed by atoms with E-state index in [0.29, 0.717) is 12.2 Å². The molecule has 19 heavy (non-hydrogen) atoms. The van der Waals surface area contributed by atoms with E-state index in [-0.39, 0.29) is 10.6 Å². The molecular formula is C11H12INO4S2. The summed E-state index contributed by atoms with van der Waals surface area (Å²) in [5, 5.41) is 9.28. The lowest BCUT2D eigenvalue weighted by atomic mass is 10.0. The third-order valence-corrected chi connectivity index (χ3v) is 6.35. The van der Waals surface area contributed by atoms with E-state index in [0.717, 1.165) is 3.57 Å². The van der Waals surface area contributed by atoms with Gasteiger partial charge in [-0.05, 0) is 59.0 Å². The molecule has 104 valence electrons. The van der Waals surface area contributed by atoms with E-state index in [1.807, 2.05) is 0 Å². The number of rotatable bonds is 4. The van der Waals surface area contributed by atoms with E-state index < -0.39 is 21.5 Å². The van der Waals surface area contributed by atoms with Gasteiger partial charge in [-0.15, -0.1) is 0 Å². The summed E-state index contributed by atoms with van der Waals surface area (Å²) in [6, 6.07) is 6.29. The van der Waals surface area contributed by atoms with Crippen molar-refractivity contribution in [2.75, 3.05) is 11.5 Å². The molecule has 0 bridgehead atoms. The largest absolute Gasteiger partial charge is 0.480 e. The highest BCUT2D eigenvalue weighted by Crippen LogP contribution is 2.30. The van der Waals surface area contributed by atoms with Crippen molar-refractivity contribution in [3.05, 3.63) is 27.8 Å². The lowest BCUT2D eigenvalue weighted by Gasteiger charge is -2.24. The van der Waals surface area contributed by atoms with Gasteiger partial charge in [-0.25, -0.2) is 8.42 Å². The first-order valence-electron chi connectivity index (χ1n) is 5.46. The fourth-order valence-electron chi connectivity index (χ4n) is 1.79. The quantitative estimate of drug-likeness (QED) is 0.732. The smallest absolute Gasteiger partial charge is 0.325 e. The Morgan fingerprint density at radius 1 is 1.37 bits per heavy atom. The molecule has 2 N–H and O–H groups in total. The van der Waals surface area contributed by atoms with Crippen LogP contribution < -0.4 is 4.72 Å². The van der Waals surface area contributed by atoms with Crippen LogP contribution in [-0.2, 0) is 14.8 Å². The van der Waals surface area contributed by atoms with E-state index in [1.54, 1.807) is 12.1 Å². The molecule has 1 heterocycles. The van der Waals surface area contributed by atoms with E-state index in [9.17, 15) is 18.3 Å². The molecule has 0 spiro atoms. The molecule has 0 aliphatic carbocycles. The number of halogens is 1. The van der Waals surface area contributed by atoms with Crippen LogP contribution in [0.25, 0.3) is 0 Å². The topological polar surface area (TPSA) is 83.5 Å². The molecule has 8 heteroatoms. The van der Waals surface area contributed by atoms with Crippen LogP contribution >= 0.6 is 34.4 Å². The number of aliphatic carboxylic acids is 1. The molecule has 1 fully saturated rings. The number of hydrogen-bond acceptors (Lipinski definition) is 4. The Morgan fingerprint density at radius 3 is 2.47 bits per heavy atom. The van der Waals surface area contributed by atoms with Gasteiger partial charge in [0, 0.05) is 9.32 Å². The highest BCUT2D eigenvalue weighted by molar-refractivity contribution is 14.1. The number of sulfonamides is 1. The van der Waals surface area contributed by atoms with Gasteiger partial charge < -0.3 is 5.11 Å². The van der Waals surface area contributed by atoms with Crippen LogP contribution in [0.2, 0.25) is 0 Å². The maximum atomic E-state index is 12.2. The zero-order valence-corrected chi connectivity index (χ0v) is 13.6. The van der Waals surface area contributed by atoms with Gasteiger partial charge in [-0.3, -0.25) is 4.79 Å². The Bertz CT molecular complexity index is 579. The average Bonchev–Trinajstić information content (AvgIpc) is 2.78. The second-order valence-corrected chi connectivity index (χ2v) is 8.28. The van der Waals surface area contributed by atoms with E-state index in [2.05, 4.69) is 27.3 Å². The summed E-state index contributed by atoms with van der Waals surface area (Å²) < 4.78 is 27.7. The van der Waals surface area contributed by atoms with Crippen molar-refractivity contribution in [3.63, 3.8) is 0 Å². The van der Waals surface area contributed by atoms with Crippen molar-refractivity contribution in [3.8, 4) is 0 Å². The molecule has 2 rings (SSSR count). The van der Waals surface area contributed by atoms with Gasteiger partial charge in [-0.1, -0.05) is 0 Å². The van der Waals surface area contributed by atoms with Crippen molar-refractivity contribution >= 4 is 50.3 Å². The fourth-order valence-corrected chi connectivity index (χ4v) is 4.95. The summed E-state index contributed by atoms with van der Waals surface area (Å²) in [7, 11) is -3.81. The molecule has 5 nitrogen and oxygen atoms in total. The Balaban J connectivity index is 2.30. The first-order chi connectivity index (χ1) is 8.86. The second kappa shape index (κ2) is 5.58. The molecule has 0 saturated carbocycles. The molecule has 1 saturated heterocycles. The number of hydrogen-bond donors (Lipinski definition) is 2. The predicted octanol–water partition coefficient (Wildman–Crippen LogP) is 1.53. The van der Waals surface area contributed by atoms with Gasteiger partial charge in [0.05, 0.1) is 4.90 Å². The summed E-state index contributed by atoms with van der Waals surface area (Å²) in [6.07, 6.45) is 0.302. The molecule has 1 aromatic carbocycles. The first kappa shape index (κ1) is 15.1. The minimum atomic E-state index is -3.81. The Hall–Kier alpha value is -0.320. The minimum absolute atomic E-state index is 0.0884. The van der Waals surface area contributed by atoms with Crippen LogP contribution in [0.1, 0.15) is 6.42 Å². The second-order valence-electron chi connectivity index (χ2n) is 4.25. The molecule has 1 atom stereocenters. The van der Waals surface area contributed by atoms with Crippen LogP contribution in [0, 0.1) is 3.57 Å². The van der Waals surface area contributed by atoms with Gasteiger partial charge in [0.15, 0.2) is 0 Å². The monoisotopic (exact) mass is 413 g/mol. The van der Waals surface area contributed by atoms with Crippen LogP contribution in [0.15, 0.2) is 29.2 Å². The maximum Gasteiger partial charge on any atom is 0.325 e. The Kier molecular flexibility index (Phi) is 4.43. The summed E-state index contributed by atoms with van der Waals surface area (Å²) >= 11 is 3.51. The molecule has 1 aliphatic rings. The lowest BCUT2D eigenvalue weighted by molar-refractivity contribution is -0.142. The van der Waals surface area contributed by atoms with Gasteiger partial charge in [-0.2, -0.15) is 16.5 Å². The zero-order chi connectivity index (χ0) is 14.1. The standard InChI is InChI=1S/C11H12INO4S2/c12-8-1-3-9(4-2-8)19(16,17)13-11(10(14)15)5-6-18-7-11/h1-4,13H,5-7H2,(H,14,15). The number of carboxylic acids is 1. The maximum absolute atomic E-state index is 12.2. The highest BCUT2D eigenvalue weighted by Gasteiger charge is 2.45. The number of thioether (sulfide) groups is 1. The van der Waals surface area contributed by atoms with Crippen LogP contribution in [0.5, 0.6) is 0 Å². The van der Waals surface area contributed by atoms with Crippen molar-refractivity contribution in [1.29, 1.82) is 0 Å². The van der Waals surface area contributed by atoms with Gasteiger partial charge >= 0.3 is 5.97 Å². The van der Waals surface area contributed by atoms with Crippen molar-refractivity contribution in [1.82, 2.24) is 4.72 Å². The number of carboxylic acid groups (broad SMARTS) is 1. The van der Waals surface area contributed by atoms with Gasteiger partial charge in [0.25, 0.3) is 0 Å². The summed E-state index contributed by atoms with van der Waals surface area (Å²) in [5.74, 6) is -0.223. The SMILES string of the molecule is O=C(O)C1(NS(=O)(=O)c2ccc(I)cc2)CCSC1. The lowest BCUT2D eigenvalue weighted by Crippen LogP contribution is -2.54. The normalized spacial score (nSPS) is 23.4. The van der Waals surface area contributed by atoms with Crippen LogP contribution in [0.4, 0.5) is 0 Å². The van der Waals surface area contributed by atoms with Gasteiger partial charge in [0.1, 0.15) is 5.54 Å². The first-order valence-corrected chi connectivity index (χ1v) is 9.18. The van der Waals surface area contributed by atoms with Crippen LogP contribution in [-0.4, -0.2) is 36.5 Å². The van der Waals surface area contributed by atoms with E-state index in [1.165, 1.54) is 23.9 Å². The van der Waals surface area contributed by atoms with Gasteiger partial charge in [0.2, 0.25) is 10.0 Å². The zero-order valence-electron chi connectivity index (χ0n) is 9.80. The molecule has 1 unspecified atom stereocenters. The Morgan fingerprint density at radius 2 is 2.00 bits per heavy atom. The fraction of sp³-hybridized carbons (Fsp3) is 0.364. The summed E-state index contributed by atoms with van der Waals surface area (Å²) in [6.45, 7) is 0. The minimum Gasteiger partial charge on any atom is -0.480 e. The summed E-state index contributed by atoms with van der Waals surface area (Å²) in [4.78, 5) is 11.4. The van der Waals surface area contributed by atoms with E-state index in [4.69, 9.17) is 0 Å². The van der Waals surface area contributed by atoms with Crippen molar-refractivity contribution in [2.24, 2.45) is 0 Å². The predicted molar refractivity (Wildman–Crippen MR) is 81.8 cm³/mol. The number of benzene rings is 1. The third-order valence-electron chi connectivity index (χ3n) is 2.88. The molecule has 0 radical (unpaired) electrons. The van der Waals surface area contributed by atoms with Crippen molar-refractivity contribution < 1.29 is 18.3 Å². The molecule has 1 aromatic rings. The molecule has 0 amide bonds. The van der Waals surface area contributed by atoms with Crippen LogP contribution in [0.3, 0.4) is 0 Å². The molecular weight excluding hydrogens is 401 g/mol. The average molecular weight is 413 g/mol. The van der Waals surface area contributed by atoms with E-state index >= 15 is 0 Å². The Labute approximate surface area is 129 Å². The third kappa shape index (κ3) is 3.23.